The highest BCUT2D eigenvalue weighted by Crippen LogP contribution is 2.31. The van der Waals surface area contributed by atoms with Crippen molar-refractivity contribution < 1.29 is 17.6 Å². The zero-order valence-corrected chi connectivity index (χ0v) is 14.5. The number of benzene rings is 2. The van der Waals surface area contributed by atoms with E-state index in [1.54, 1.807) is 17.8 Å². The van der Waals surface area contributed by atoms with Gasteiger partial charge < -0.3 is 5.32 Å². The molecule has 5 nitrogen and oxygen atoms in total. The SMILES string of the molecule is Cn1nc2ccc(F)cc2c1-c1cncc(Nc2ccc(C(F)(F)F)cc2)n1. The predicted octanol–water partition coefficient (Wildman–Crippen LogP) is 4.93. The van der Waals surface area contributed by atoms with Gasteiger partial charge in [-0.05, 0) is 42.5 Å². The summed E-state index contributed by atoms with van der Waals surface area (Å²) in [5.41, 5.74) is 1.34. The predicted molar refractivity (Wildman–Crippen MR) is 96.4 cm³/mol. The fraction of sp³-hybridized carbons (Fsp3) is 0.105. The van der Waals surface area contributed by atoms with Gasteiger partial charge in [-0.2, -0.15) is 18.3 Å². The molecular formula is C19H13F4N5. The Morgan fingerprint density at radius 3 is 2.46 bits per heavy atom. The third-order valence-electron chi connectivity index (χ3n) is 4.16. The number of rotatable bonds is 3. The normalized spacial score (nSPS) is 11.8. The van der Waals surface area contributed by atoms with Crippen molar-refractivity contribution in [2.45, 2.75) is 6.18 Å². The third kappa shape index (κ3) is 3.38. The van der Waals surface area contributed by atoms with E-state index >= 15 is 0 Å². The number of fused-ring (bicyclic) bond motifs is 1. The summed E-state index contributed by atoms with van der Waals surface area (Å²) in [7, 11) is 1.71. The van der Waals surface area contributed by atoms with Crippen LogP contribution in [0.15, 0.2) is 54.9 Å². The molecule has 9 heteroatoms. The van der Waals surface area contributed by atoms with E-state index in [1.165, 1.54) is 36.7 Å². The minimum atomic E-state index is -4.39. The maximum Gasteiger partial charge on any atom is 0.416 e. The maximum atomic E-state index is 13.7. The van der Waals surface area contributed by atoms with Gasteiger partial charge in [-0.25, -0.2) is 9.37 Å². The number of alkyl halides is 3. The van der Waals surface area contributed by atoms with Crippen molar-refractivity contribution >= 4 is 22.4 Å². The molecule has 0 spiro atoms. The molecule has 0 fully saturated rings. The molecule has 2 aromatic heterocycles. The van der Waals surface area contributed by atoms with Crippen LogP contribution in [0.5, 0.6) is 0 Å². The molecule has 142 valence electrons. The molecule has 0 aliphatic heterocycles. The quantitative estimate of drug-likeness (QED) is 0.507. The van der Waals surface area contributed by atoms with Crippen LogP contribution in [0.2, 0.25) is 0 Å². The minimum Gasteiger partial charge on any atom is -0.339 e. The Morgan fingerprint density at radius 1 is 1.00 bits per heavy atom. The molecule has 0 aliphatic rings. The highest BCUT2D eigenvalue weighted by atomic mass is 19.4. The number of aromatic nitrogens is 4. The van der Waals surface area contributed by atoms with Gasteiger partial charge in [0.15, 0.2) is 0 Å². The Bertz CT molecular complexity index is 1150. The molecule has 0 saturated carbocycles. The first kappa shape index (κ1) is 17.9. The first-order valence-electron chi connectivity index (χ1n) is 8.20. The van der Waals surface area contributed by atoms with Crippen molar-refractivity contribution in [1.82, 2.24) is 19.7 Å². The number of hydrogen-bond donors (Lipinski definition) is 1. The summed E-state index contributed by atoms with van der Waals surface area (Å²) >= 11 is 0. The summed E-state index contributed by atoms with van der Waals surface area (Å²) in [4.78, 5) is 8.57. The maximum absolute atomic E-state index is 13.7. The smallest absolute Gasteiger partial charge is 0.339 e. The summed E-state index contributed by atoms with van der Waals surface area (Å²) < 4.78 is 53.3. The summed E-state index contributed by atoms with van der Waals surface area (Å²) in [5.74, 6) is -0.0586. The van der Waals surface area contributed by atoms with E-state index in [-0.39, 0.29) is 0 Å². The van der Waals surface area contributed by atoms with Crippen LogP contribution in [0.25, 0.3) is 22.3 Å². The second-order valence-electron chi connectivity index (χ2n) is 6.12. The van der Waals surface area contributed by atoms with Crippen LogP contribution in [-0.2, 0) is 13.2 Å². The zero-order valence-electron chi connectivity index (χ0n) is 14.5. The number of nitrogens with zero attached hydrogens (tertiary/aromatic N) is 4. The second-order valence-corrected chi connectivity index (χ2v) is 6.12. The minimum absolute atomic E-state index is 0.336. The molecule has 4 aromatic rings. The van der Waals surface area contributed by atoms with Gasteiger partial charge in [0.1, 0.15) is 17.3 Å². The fourth-order valence-corrected chi connectivity index (χ4v) is 2.91. The van der Waals surface area contributed by atoms with Gasteiger partial charge in [0, 0.05) is 18.1 Å². The van der Waals surface area contributed by atoms with Crippen LogP contribution in [0.4, 0.5) is 29.1 Å². The van der Waals surface area contributed by atoms with E-state index in [0.29, 0.717) is 33.8 Å². The van der Waals surface area contributed by atoms with E-state index in [2.05, 4.69) is 20.4 Å². The van der Waals surface area contributed by atoms with Crippen molar-refractivity contribution in [2.24, 2.45) is 7.05 Å². The van der Waals surface area contributed by atoms with E-state index in [0.717, 1.165) is 12.1 Å². The molecule has 2 aromatic carbocycles. The third-order valence-corrected chi connectivity index (χ3v) is 4.16. The molecule has 1 N–H and O–H groups in total. The standard InChI is InChI=1S/C19H13F4N5/c1-28-18(14-8-12(20)4-7-15(14)27-28)16-9-24-10-17(26-16)25-13-5-2-11(3-6-13)19(21,22)23/h2-10H,1H3,(H,25,26). The van der Waals surface area contributed by atoms with Crippen LogP contribution in [0.1, 0.15) is 5.56 Å². The molecule has 0 atom stereocenters. The molecule has 0 aliphatic carbocycles. The van der Waals surface area contributed by atoms with Gasteiger partial charge >= 0.3 is 6.18 Å². The fourth-order valence-electron chi connectivity index (χ4n) is 2.91. The van der Waals surface area contributed by atoms with Gasteiger partial charge in [-0.15, -0.1) is 0 Å². The van der Waals surface area contributed by atoms with Crippen molar-refractivity contribution in [3.05, 3.63) is 66.2 Å². The molecule has 0 unspecified atom stereocenters. The summed E-state index contributed by atoms with van der Waals surface area (Å²) in [6.07, 6.45) is -1.44. The van der Waals surface area contributed by atoms with Crippen molar-refractivity contribution in [3.63, 3.8) is 0 Å². The topological polar surface area (TPSA) is 55.6 Å². The van der Waals surface area contributed by atoms with Crippen molar-refractivity contribution in [1.29, 1.82) is 0 Å². The number of hydrogen-bond acceptors (Lipinski definition) is 4. The largest absolute Gasteiger partial charge is 0.416 e. The lowest BCUT2D eigenvalue weighted by Gasteiger charge is -2.10. The van der Waals surface area contributed by atoms with Gasteiger partial charge in [-0.1, -0.05) is 0 Å². The van der Waals surface area contributed by atoms with Crippen LogP contribution < -0.4 is 5.32 Å². The molecule has 0 amide bonds. The van der Waals surface area contributed by atoms with E-state index in [9.17, 15) is 17.6 Å². The molecule has 2 heterocycles. The monoisotopic (exact) mass is 387 g/mol. The van der Waals surface area contributed by atoms with Crippen molar-refractivity contribution in [2.75, 3.05) is 5.32 Å². The van der Waals surface area contributed by atoms with E-state index < -0.39 is 17.6 Å². The lowest BCUT2D eigenvalue weighted by atomic mass is 10.1. The Kier molecular flexibility index (Phi) is 4.21. The van der Waals surface area contributed by atoms with Crippen LogP contribution in [0.3, 0.4) is 0 Å². The van der Waals surface area contributed by atoms with Crippen LogP contribution in [-0.4, -0.2) is 19.7 Å². The molecule has 0 bridgehead atoms. The average molecular weight is 387 g/mol. The van der Waals surface area contributed by atoms with Gasteiger partial charge in [0.2, 0.25) is 0 Å². The Balaban J connectivity index is 1.67. The van der Waals surface area contributed by atoms with E-state index in [4.69, 9.17) is 0 Å². The van der Waals surface area contributed by atoms with Crippen LogP contribution in [0, 0.1) is 5.82 Å². The molecule has 0 radical (unpaired) electrons. The number of halogens is 4. The van der Waals surface area contributed by atoms with Gasteiger partial charge in [0.05, 0.1) is 29.2 Å². The number of aryl methyl sites for hydroxylation is 1. The highest BCUT2D eigenvalue weighted by molar-refractivity contribution is 5.92. The van der Waals surface area contributed by atoms with Crippen LogP contribution >= 0.6 is 0 Å². The average Bonchev–Trinajstić information content (AvgIpc) is 2.96. The number of nitrogens with one attached hydrogen (secondary N) is 1. The lowest BCUT2D eigenvalue weighted by Crippen LogP contribution is -2.04. The van der Waals surface area contributed by atoms with Crippen molar-refractivity contribution in [3.8, 4) is 11.4 Å². The molecule has 0 saturated heterocycles. The zero-order chi connectivity index (χ0) is 19.9. The number of anilines is 2. The summed E-state index contributed by atoms with van der Waals surface area (Å²) in [5, 5.41) is 7.84. The highest BCUT2D eigenvalue weighted by Gasteiger charge is 2.29. The molecular weight excluding hydrogens is 374 g/mol. The first-order valence-corrected chi connectivity index (χ1v) is 8.20. The Hall–Kier alpha value is -3.49. The Morgan fingerprint density at radius 2 is 1.75 bits per heavy atom. The lowest BCUT2D eigenvalue weighted by molar-refractivity contribution is -0.137. The molecule has 4 rings (SSSR count). The summed E-state index contributed by atoms with van der Waals surface area (Å²) in [6, 6.07) is 8.86. The first-order chi connectivity index (χ1) is 13.3. The van der Waals surface area contributed by atoms with Gasteiger partial charge in [-0.3, -0.25) is 9.67 Å². The van der Waals surface area contributed by atoms with Gasteiger partial charge in [0.25, 0.3) is 0 Å². The Labute approximate surface area is 156 Å². The summed E-state index contributed by atoms with van der Waals surface area (Å²) in [6.45, 7) is 0. The van der Waals surface area contributed by atoms with E-state index in [1.807, 2.05) is 0 Å². The molecule has 28 heavy (non-hydrogen) atoms. The second kappa shape index (κ2) is 6.59.